The minimum Gasteiger partial charge on any atom is -0.384 e. The zero-order valence-corrected chi connectivity index (χ0v) is 13.4. The Labute approximate surface area is 122 Å². The van der Waals surface area contributed by atoms with Gasteiger partial charge in [-0.3, -0.25) is 0 Å². The van der Waals surface area contributed by atoms with Crippen LogP contribution in [0.5, 0.6) is 0 Å². The van der Waals surface area contributed by atoms with Crippen LogP contribution in [0.15, 0.2) is 29.2 Å². The molecular weight excluding hydrogens is 274 g/mol. The lowest BCUT2D eigenvalue weighted by Gasteiger charge is -2.12. The second-order valence-electron chi connectivity index (χ2n) is 5.34. The molecule has 0 aliphatic carbocycles. The van der Waals surface area contributed by atoms with Crippen LogP contribution in [0, 0.1) is 0 Å². The van der Waals surface area contributed by atoms with E-state index in [-0.39, 0.29) is 10.9 Å². The van der Waals surface area contributed by atoms with Gasteiger partial charge in [0.25, 0.3) is 0 Å². The molecule has 114 valence electrons. The van der Waals surface area contributed by atoms with Crippen molar-refractivity contribution in [3.63, 3.8) is 0 Å². The number of hydrogen-bond acceptors (Lipinski definition) is 4. The predicted molar refractivity (Wildman–Crippen MR) is 83.5 cm³/mol. The molecule has 20 heavy (non-hydrogen) atoms. The Balaban J connectivity index is 2.56. The van der Waals surface area contributed by atoms with E-state index in [4.69, 9.17) is 0 Å². The van der Waals surface area contributed by atoms with Crippen molar-refractivity contribution >= 4 is 15.7 Å². The summed E-state index contributed by atoms with van der Waals surface area (Å²) >= 11 is 0. The standard InChI is InChI=1S/C14H25N3O2S/c1-11(2)15-9-10-16-13-5-7-14(8-6-13)20(18,19)17-12(3)4/h5-8,11-12,15-17H,9-10H2,1-4H3. The van der Waals surface area contributed by atoms with Gasteiger partial charge in [0.05, 0.1) is 4.90 Å². The van der Waals surface area contributed by atoms with E-state index in [1.165, 1.54) is 0 Å². The number of rotatable bonds is 8. The van der Waals surface area contributed by atoms with Crippen molar-refractivity contribution < 1.29 is 8.42 Å². The molecule has 5 nitrogen and oxygen atoms in total. The maximum Gasteiger partial charge on any atom is 0.240 e. The summed E-state index contributed by atoms with van der Waals surface area (Å²) in [5.74, 6) is 0. The van der Waals surface area contributed by atoms with Crippen molar-refractivity contribution in [2.24, 2.45) is 0 Å². The van der Waals surface area contributed by atoms with Crippen LogP contribution < -0.4 is 15.4 Å². The Morgan fingerprint density at radius 3 is 2.05 bits per heavy atom. The first kappa shape index (κ1) is 16.9. The van der Waals surface area contributed by atoms with E-state index in [0.717, 1.165) is 18.8 Å². The molecule has 6 heteroatoms. The average molecular weight is 299 g/mol. The molecule has 1 rings (SSSR count). The van der Waals surface area contributed by atoms with Gasteiger partial charge < -0.3 is 10.6 Å². The van der Waals surface area contributed by atoms with Crippen LogP contribution in [0.3, 0.4) is 0 Å². The molecule has 3 N–H and O–H groups in total. The van der Waals surface area contributed by atoms with Gasteiger partial charge in [-0.05, 0) is 38.1 Å². The minimum absolute atomic E-state index is 0.111. The van der Waals surface area contributed by atoms with Crippen LogP contribution in [0.25, 0.3) is 0 Å². The van der Waals surface area contributed by atoms with Gasteiger partial charge in [-0.1, -0.05) is 13.8 Å². The first-order valence-electron chi connectivity index (χ1n) is 6.91. The fourth-order valence-electron chi connectivity index (χ4n) is 1.70. The van der Waals surface area contributed by atoms with Crippen molar-refractivity contribution in [2.45, 2.75) is 44.7 Å². The second kappa shape index (κ2) is 7.61. The van der Waals surface area contributed by atoms with E-state index >= 15 is 0 Å². The molecule has 0 aliphatic rings. The van der Waals surface area contributed by atoms with E-state index in [9.17, 15) is 8.42 Å². The second-order valence-corrected chi connectivity index (χ2v) is 7.05. The van der Waals surface area contributed by atoms with Crippen molar-refractivity contribution in [3.05, 3.63) is 24.3 Å². The van der Waals surface area contributed by atoms with Crippen LogP contribution in [-0.4, -0.2) is 33.6 Å². The monoisotopic (exact) mass is 299 g/mol. The molecule has 1 aromatic carbocycles. The lowest BCUT2D eigenvalue weighted by atomic mass is 10.3. The lowest BCUT2D eigenvalue weighted by Crippen LogP contribution is -2.30. The molecule has 0 radical (unpaired) electrons. The Morgan fingerprint density at radius 1 is 0.950 bits per heavy atom. The summed E-state index contributed by atoms with van der Waals surface area (Å²) in [5, 5.41) is 6.55. The fourth-order valence-corrected chi connectivity index (χ4v) is 2.95. The van der Waals surface area contributed by atoms with Gasteiger partial charge in [-0.15, -0.1) is 0 Å². The highest BCUT2D eigenvalue weighted by Crippen LogP contribution is 2.14. The van der Waals surface area contributed by atoms with E-state index < -0.39 is 10.0 Å². The fraction of sp³-hybridized carbons (Fsp3) is 0.571. The molecule has 0 amide bonds. The Morgan fingerprint density at radius 2 is 1.55 bits per heavy atom. The maximum atomic E-state index is 11.9. The summed E-state index contributed by atoms with van der Waals surface area (Å²) in [5.41, 5.74) is 0.916. The SMILES string of the molecule is CC(C)NCCNc1ccc(S(=O)(=O)NC(C)C)cc1. The molecule has 1 aromatic rings. The summed E-state index contributed by atoms with van der Waals surface area (Å²) < 4.78 is 26.5. The number of hydrogen-bond donors (Lipinski definition) is 3. The molecule has 0 unspecified atom stereocenters. The van der Waals surface area contributed by atoms with Crippen molar-refractivity contribution in [2.75, 3.05) is 18.4 Å². The third-order valence-corrected chi connectivity index (χ3v) is 4.24. The quantitative estimate of drug-likeness (QED) is 0.640. The van der Waals surface area contributed by atoms with Crippen LogP contribution in [0.1, 0.15) is 27.7 Å². The molecule has 0 saturated heterocycles. The van der Waals surface area contributed by atoms with Crippen LogP contribution >= 0.6 is 0 Å². The maximum absolute atomic E-state index is 11.9. The van der Waals surface area contributed by atoms with Gasteiger partial charge in [0.2, 0.25) is 10.0 Å². The third-order valence-electron chi connectivity index (χ3n) is 2.56. The van der Waals surface area contributed by atoms with Gasteiger partial charge in [0, 0.05) is 30.9 Å². The highest BCUT2D eigenvalue weighted by Gasteiger charge is 2.14. The molecule has 0 heterocycles. The Kier molecular flexibility index (Phi) is 6.45. The predicted octanol–water partition coefficient (Wildman–Crippen LogP) is 1.78. The minimum atomic E-state index is -3.40. The van der Waals surface area contributed by atoms with Crippen LogP contribution in [0.4, 0.5) is 5.69 Å². The van der Waals surface area contributed by atoms with E-state index in [1.54, 1.807) is 38.1 Å². The Hall–Kier alpha value is -1.11. The van der Waals surface area contributed by atoms with E-state index in [1.807, 2.05) is 0 Å². The van der Waals surface area contributed by atoms with E-state index in [2.05, 4.69) is 29.2 Å². The molecule has 0 atom stereocenters. The van der Waals surface area contributed by atoms with Crippen molar-refractivity contribution in [3.8, 4) is 0 Å². The zero-order valence-electron chi connectivity index (χ0n) is 12.6. The number of sulfonamides is 1. The van der Waals surface area contributed by atoms with E-state index in [0.29, 0.717) is 6.04 Å². The molecular formula is C14H25N3O2S. The smallest absolute Gasteiger partial charge is 0.240 e. The van der Waals surface area contributed by atoms with Crippen molar-refractivity contribution in [1.29, 1.82) is 0 Å². The Bertz CT molecular complexity index is 496. The van der Waals surface area contributed by atoms with Gasteiger partial charge in [-0.25, -0.2) is 13.1 Å². The highest BCUT2D eigenvalue weighted by molar-refractivity contribution is 7.89. The molecule has 0 bridgehead atoms. The average Bonchev–Trinajstić information content (AvgIpc) is 2.33. The summed E-state index contributed by atoms with van der Waals surface area (Å²) in [6.45, 7) is 9.47. The number of nitrogens with one attached hydrogen (secondary N) is 3. The summed E-state index contributed by atoms with van der Waals surface area (Å²) in [4.78, 5) is 0.289. The zero-order chi connectivity index (χ0) is 15.2. The molecule has 0 saturated carbocycles. The molecule has 0 aromatic heterocycles. The van der Waals surface area contributed by atoms with Gasteiger partial charge >= 0.3 is 0 Å². The third kappa shape index (κ3) is 5.90. The summed E-state index contributed by atoms with van der Waals surface area (Å²) in [6.07, 6.45) is 0. The van der Waals surface area contributed by atoms with Gasteiger partial charge in [-0.2, -0.15) is 0 Å². The first-order valence-corrected chi connectivity index (χ1v) is 8.39. The molecule has 0 spiro atoms. The molecule has 0 fully saturated rings. The normalized spacial score (nSPS) is 12.1. The largest absolute Gasteiger partial charge is 0.384 e. The lowest BCUT2D eigenvalue weighted by molar-refractivity contribution is 0.570. The summed E-state index contributed by atoms with van der Waals surface area (Å²) in [6, 6.07) is 7.15. The van der Waals surface area contributed by atoms with Crippen LogP contribution in [0.2, 0.25) is 0 Å². The number of anilines is 1. The highest BCUT2D eigenvalue weighted by atomic mass is 32.2. The summed E-state index contributed by atoms with van der Waals surface area (Å²) in [7, 11) is -3.40. The topological polar surface area (TPSA) is 70.2 Å². The van der Waals surface area contributed by atoms with Crippen LogP contribution in [-0.2, 0) is 10.0 Å². The van der Waals surface area contributed by atoms with Gasteiger partial charge in [0.1, 0.15) is 0 Å². The van der Waals surface area contributed by atoms with Gasteiger partial charge in [0.15, 0.2) is 0 Å². The van der Waals surface area contributed by atoms with Crippen molar-refractivity contribution in [1.82, 2.24) is 10.0 Å². The molecule has 0 aliphatic heterocycles. The first-order chi connectivity index (χ1) is 9.31. The number of benzene rings is 1.